The molecule has 0 amide bonds. The molecule has 0 radical (unpaired) electrons. The van der Waals surface area contributed by atoms with Gasteiger partial charge in [-0.2, -0.15) is 0 Å². The lowest BCUT2D eigenvalue weighted by molar-refractivity contribution is 0.103. The summed E-state index contributed by atoms with van der Waals surface area (Å²) >= 11 is 7.03. The highest BCUT2D eigenvalue weighted by molar-refractivity contribution is 7.07. The zero-order valence-corrected chi connectivity index (χ0v) is 15.1. The smallest absolute Gasteiger partial charge is 0.307 e. The van der Waals surface area contributed by atoms with Gasteiger partial charge in [-0.15, -0.1) is 0 Å². The Morgan fingerprint density at radius 3 is 2.24 bits per heavy atom. The van der Waals surface area contributed by atoms with Crippen LogP contribution >= 0.6 is 22.9 Å². The van der Waals surface area contributed by atoms with Crippen molar-refractivity contribution in [3.05, 3.63) is 85.4 Å². The molecule has 0 bridgehead atoms. The molecule has 0 aliphatic heterocycles. The Hall–Kier alpha value is -2.37. The first-order valence-electron chi connectivity index (χ1n) is 7.72. The quantitative estimate of drug-likeness (QED) is 0.609. The number of nitrogens with zero attached hydrogens (tertiary/aromatic N) is 1. The number of hydrogen-bond acceptors (Lipinski definition) is 4. The van der Waals surface area contributed by atoms with E-state index >= 15 is 0 Å². The van der Waals surface area contributed by atoms with E-state index in [-0.39, 0.29) is 10.7 Å². The number of aromatic nitrogens is 1. The minimum Gasteiger partial charge on any atom is -0.492 e. The number of ether oxygens (including phenoxy) is 1. The van der Waals surface area contributed by atoms with Gasteiger partial charge in [-0.1, -0.05) is 22.9 Å². The second kappa shape index (κ2) is 7.68. The number of benzene rings is 2. The minimum absolute atomic E-state index is 0.0185. The van der Waals surface area contributed by atoms with Crippen LogP contribution < -0.4 is 9.61 Å². The number of ketones is 1. The summed E-state index contributed by atoms with van der Waals surface area (Å²) in [5, 5.41) is 2.43. The molecule has 1 aromatic heterocycles. The highest BCUT2D eigenvalue weighted by Crippen LogP contribution is 2.17. The topological polar surface area (TPSA) is 48.3 Å². The third-order valence-electron chi connectivity index (χ3n) is 3.78. The Morgan fingerprint density at radius 1 is 1.08 bits per heavy atom. The fourth-order valence-corrected chi connectivity index (χ4v) is 3.29. The molecule has 4 nitrogen and oxygen atoms in total. The van der Waals surface area contributed by atoms with Crippen LogP contribution in [0.25, 0.3) is 0 Å². The van der Waals surface area contributed by atoms with E-state index in [0.717, 1.165) is 5.69 Å². The zero-order chi connectivity index (χ0) is 17.8. The van der Waals surface area contributed by atoms with Crippen LogP contribution in [0.2, 0.25) is 5.02 Å². The molecule has 0 spiro atoms. The third kappa shape index (κ3) is 4.18. The average Bonchev–Trinajstić information content (AvgIpc) is 2.94. The number of carbonyl (C=O) groups excluding carboxylic acids is 1. The van der Waals surface area contributed by atoms with Gasteiger partial charge in [0.2, 0.25) is 0 Å². The zero-order valence-electron chi connectivity index (χ0n) is 13.6. The summed E-state index contributed by atoms with van der Waals surface area (Å²) in [5.74, 6) is 0.595. The summed E-state index contributed by atoms with van der Waals surface area (Å²) in [7, 11) is 0. The monoisotopic (exact) mass is 373 g/mol. The van der Waals surface area contributed by atoms with E-state index < -0.39 is 0 Å². The first-order chi connectivity index (χ1) is 12.0. The molecule has 0 saturated carbocycles. The fourth-order valence-electron chi connectivity index (χ4n) is 2.40. The highest BCUT2D eigenvalue weighted by Gasteiger charge is 2.09. The standard InChI is InChI=1S/C19H16ClNO3S/c1-13-12-25-19(23)21(13)10-11-24-17-8-4-15(5-9-17)18(22)14-2-6-16(20)7-3-14/h2-9,12H,10-11H2,1H3. The summed E-state index contributed by atoms with van der Waals surface area (Å²) in [4.78, 5) is 24.0. The highest BCUT2D eigenvalue weighted by atomic mass is 35.5. The molecule has 0 aliphatic carbocycles. The third-order valence-corrected chi connectivity index (χ3v) is 4.92. The molecule has 1 heterocycles. The van der Waals surface area contributed by atoms with Crippen LogP contribution in [-0.4, -0.2) is 17.0 Å². The second-order valence-corrected chi connectivity index (χ2v) is 6.76. The lowest BCUT2D eigenvalue weighted by Gasteiger charge is -2.08. The summed E-state index contributed by atoms with van der Waals surface area (Å²) in [5.41, 5.74) is 2.10. The van der Waals surface area contributed by atoms with E-state index in [9.17, 15) is 9.59 Å². The Bertz CT molecular complexity index is 927. The predicted molar refractivity (Wildman–Crippen MR) is 100 cm³/mol. The normalized spacial score (nSPS) is 10.6. The van der Waals surface area contributed by atoms with Gasteiger partial charge in [-0.25, -0.2) is 0 Å². The van der Waals surface area contributed by atoms with Gasteiger partial charge in [-0.05, 0) is 55.5 Å². The van der Waals surface area contributed by atoms with Crippen molar-refractivity contribution in [2.45, 2.75) is 13.5 Å². The van der Waals surface area contributed by atoms with Crippen LogP contribution in [0.4, 0.5) is 0 Å². The van der Waals surface area contributed by atoms with Gasteiger partial charge in [0.15, 0.2) is 5.78 Å². The van der Waals surface area contributed by atoms with Crippen molar-refractivity contribution in [3.8, 4) is 5.75 Å². The van der Waals surface area contributed by atoms with Crippen molar-refractivity contribution in [3.63, 3.8) is 0 Å². The summed E-state index contributed by atoms with van der Waals surface area (Å²) in [6.07, 6.45) is 0. The molecular weight excluding hydrogens is 358 g/mol. The summed E-state index contributed by atoms with van der Waals surface area (Å²) in [6.45, 7) is 2.79. The molecule has 0 atom stereocenters. The largest absolute Gasteiger partial charge is 0.492 e. The molecule has 6 heteroatoms. The molecule has 3 aromatic rings. The van der Waals surface area contributed by atoms with Gasteiger partial charge in [0, 0.05) is 27.2 Å². The number of hydrogen-bond donors (Lipinski definition) is 0. The molecule has 0 aliphatic rings. The maximum Gasteiger partial charge on any atom is 0.307 e. The SMILES string of the molecule is Cc1csc(=O)n1CCOc1ccc(C(=O)c2ccc(Cl)cc2)cc1. The van der Waals surface area contributed by atoms with Gasteiger partial charge >= 0.3 is 4.87 Å². The molecule has 0 saturated heterocycles. The average molecular weight is 374 g/mol. The predicted octanol–water partition coefficient (Wildman–Crippen LogP) is 4.18. The Balaban J connectivity index is 1.61. The number of aryl methyl sites for hydroxylation is 1. The van der Waals surface area contributed by atoms with Crippen LogP contribution in [0.5, 0.6) is 5.75 Å². The number of rotatable bonds is 6. The molecule has 3 rings (SSSR count). The molecule has 128 valence electrons. The Labute approximate surface area is 154 Å². The fraction of sp³-hybridized carbons (Fsp3) is 0.158. The molecule has 25 heavy (non-hydrogen) atoms. The lowest BCUT2D eigenvalue weighted by atomic mass is 10.0. The van der Waals surface area contributed by atoms with Crippen molar-refractivity contribution >= 4 is 28.7 Å². The molecule has 0 N–H and O–H groups in total. The molecule has 2 aromatic carbocycles. The van der Waals surface area contributed by atoms with Gasteiger partial charge in [0.05, 0.1) is 6.54 Å². The van der Waals surface area contributed by atoms with Crippen LogP contribution in [0.1, 0.15) is 21.6 Å². The van der Waals surface area contributed by atoms with E-state index in [1.54, 1.807) is 53.1 Å². The number of thiazole rings is 1. The van der Waals surface area contributed by atoms with Crippen LogP contribution in [0.3, 0.4) is 0 Å². The van der Waals surface area contributed by atoms with E-state index in [1.807, 2.05) is 12.3 Å². The van der Waals surface area contributed by atoms with E-state index in [0.29, 0.717) is 35.1 Å². The van der Waals surface area contributed by atoms with E-state index in [1.165, 1.54) is 11.3 Å². The van der Waals surface area contributed by atoms with Gasteiger partial charge in [0.25, 0.3) is 0 Å². The Kier molecular flexibility index (Phi) is 5.36. The molecule has 0 unspecified atom stereocenters. The van der Waals surface area contributed by atoms with Crippen LogP contribution in [0, 0.1) is 6.92 Å². The second-order valence-electron chi connectivity index (χ2n) is 5.50. The first-order valence-corrected chi connectivity index (χ1v) is 8.98. The van der Waals surface area contributed by atoms with Gasteiger partial charge < -0.3 is 4.74 Å². The summed E-state index contributed by atoms with van der Waals surface area (Å²) < 4.78 is 7.35. The van der Waals surface area contributed by atoms with Crippen molar-refractivity contribution < 1.29 is 9.53 Å². The van der Waals surface area contributed by atoms with Crippen molar-refractivity contribution in [2.75, 3.05) is 6.61 Å². The molecular formula is C19H16ClNO3S. The lowest BCUT2D eigenvalue weighted by Crippen LogP contribution is -2.19. The van der Waals surface area contributed by atoms with E-state index in [2.05, 4.69) is 0 Å². The maximum absolute atomic E-state index is 12.4. The minimum atomic E-state index is -0.0660. The number of carbonyl (C=O) groups is 1. The maximum atomic E-state index is 12.4. The van der Waals surface area contributed by atoms with Crippen LogP contribution in [0.15, 0.2) is 58.7 Å². The van der Waals surface area contributed by atoms with E-state index in [4.69, 9.17) is 16.3 Å². The van der Waals surface area contributed by atoms with Crippen molar-refractivity contribution in [1.29, 1.82) is 0 Å². The number of halogens is 1. The van der Waals surface area contributed by atoms with Gasteiger partial charge in [-0.3, -0.25) is 14.2 Å². The van der Waals surface area contributed by atoms with Crippen LogP contribution in [-0.2, 0) is 6.54 Å². The van der Waals surface area contributed by atoms with Crippen molar-refractivity contribution in [2.24, 2.45) is 0 Å². The summed E-state index contributed by atoms with van der Waals surface area (Å²) in [6, 6.07) is 13.8. The Morgan fingerprint density at radius 2 is 1.68 bits per heavy atom. The van der Waals surface area contributed by atoms with Gasteiger partial charge in [0.1, 0.15) is 12.4 Å². The van der Waals surface area contributed by atoms with Crippen molar-refractivity contribution in [1.82, 2.24) is 4.57 Å². The first kappa shape index (κ1) is 17.5. The molecule has 0 fully saturated rings.